The van der Waals surface area contributed by atoms with E-state index in [-0.39, 0.29) is 0 Å². The van der Waals surface area contributed by atoms with Crippen LogP contribution in [-0.2, 0) is 0 Å². The van der Waals surface area contributed by atoms with E-state index in [9.17, 15) is 0 Å². The van der Waals surface area contributed by atoms with E-state index in [4.69, 9.17) is 0 Å². The van der Waals surface area contributed by atoms with Gasteiger partial charge in [0.15, 0.2) is 0 Å². The van der Waals surface area contributed by atoms with Crippen LogP contribution in [0.2, 0.25) is 0 Å². The molecule has 0 spiro atoms. The topological polar surface area (TPSA) is 0 Å². The second-order valence-electron chi connectivity index (χ2n) is 5.73. The molecule has 11 heavy (non-hydrogen) atoms. The van der Waals surface area contributed by atoms with Crippen LogP contribution in [0.3, 0.4) is 0 Å². The molecule has 0 radical (unpaired) electrons. The van der Waals surface area contributed by atoms with Crippen molar-refractivity contribution in [2.24, 2.45) is 22.2 Å². The van der Waals surface area contributed by atoms with Gasteiger partial charge in [-0.3, -0.25) is 0 Å². The Labute approximate surface area is 70.4 Å². The zero-order chi connectivity index (χ0) is 8.49. The number of hydrogen-bond acceptors (Lipinski definition) is 0. The Kier molecular flexibility index (Phi) is 1.06. The van der Waals surface area contributed by atoms with Crippen molar-refractivity contribution < 1.29 is 0 Å². The van der Waals surface area contributed by atoms with Gasteiger partial charge >= 0.3 is 0 Å². The molecule has 2 fully saturated rings. The van der Waals surface area contributed by atoms with Crippen molar-refractivity contribution >= 4 is 0 Å². The van der Waals surface area contributed by atoms with E-state index in [0.29, 0.717) is 16.2 Å². The third-order valence-electron chi connectivity index (χ3n) is 5.60. The van der Waals surface area contributed by atoms with E-state index >= 15 is 0 Å². The second kappa shape index (κ2) is 1.53. The van der Waals surface area contributed by atoms with Gasteiger partial charge in [-0.15, -0.1) is 0 Å². The largest absolute Gasteiger partial charge is 0.0614 e. The van der Waals surface area contributed by atoms with Crippen molar-refractivity contribution in [1.29, 1.82) is 0 Å². The average molecular weight is 152 g/mol. The molecular weight excluding hydrogens is 132 g/mol. The van der Waals surface area contributed by atoms with E-state index in [1.165, 1.54) is 12.8 Å². The first kappa shape index (κ1) is 7.64. The van der Waals surface area contributed by atoms with E-state index in [1.54, 1.807) is 0 Å². The predicted molar refractivity (Wildman–Crippen MR) is 48.4 cm³/mol. The summed E-state index contributed by atoms with van der Waals surface area (Å²) >= 11 is 0. The Hall–Kier alpha value is 0. The normalized spacial score (nSPS) is 59.2. The van der Waals surface area contributed by atoms with Gasteiger partial charge in [0.1, 0.15) is 0 Å². The lowest BCUT2D eigenvalue weighted by Crippen LogP contribution is -2.21. The molecule has 0 saturated heterocycles. The van der Waals surface area contributed by atoms with Gasteiger partial charge in [-0.1, -0.05) is 34.6 Å². The Morgan fingerprint density at radius 3 is 1.73 bits per heavy atom. The van der Waals surface area contributed by atoms with Crippen molar-refractivity contribution in [2.75, 3.05) is 0 Å². The van der Waals surface area contributed by atoms with Crippen molar-refractivity contribution in [2.45, 2.75) is 47.5 Å². The van der Waals surface area contributed by atoms with Gasteiger partial charge in [-0.25, -0.2) is 0 Å². The monoisotopic (exact) mass is 152 g/mol. The molecule has 0 aromatic carbocycles. The quantitative estimate of drug-likeness (QED) is 0.498. The zero-order valence-corrected chi connectivity index (χ0v) is 8.49. The van der Waals surface area contributed by atoms with E-state index < -0.39 is 0 Å². The summed E-state index contributed by atoms with van der Waals surface area (Å²) in [5.74, 6) is 0.957. The summed E-state index contributed by atoms with van der Waals surface area (Å²) in [5.41, 5.74) is 1.94. The van der Waals surface area contributed by atoms with Crippen molar-refractivity contribution in [1.82, 2.24) is 0 Å². The SMILES string of the molecule is C[C@H]1[C@]2(C)CCC(C)(C)[C@]12C. The highest BCUT2D eigenvalue weighted by Crippen LogP contribution is 2.83. The van der Waals surface area contributed by atoms with Gasteiger partial charge in [0, 0.05) is 0 Å². The summed E-state index contributed by atoms with van der Waals surface area (Å²) in [4.78, 5) is 0. The summed E-state index contributed by atoms with van der Waals surface area (Å²) in [5, 5.41) is 0. The highest BCUT2D eigenvalue weighted by atomic mass is 14.8. The fourth-order valence-electron chi connectivity index (χ4n) is 3.81. The van der Waals surface area contributed by atoms with Crippen LogP contribution in [0.15, 0.2) is 0 Å². The molecule has 0 heterocycles. The molecule has 0 N–H and O–H groups in total. The molecule has 0 heteroatoms. The van der Waals surface area contributed by atoms with Crippen LogP contribution in [0.25, 0.3) is 0 Å². The van der Waals surface area contributed by atoms with Crippen LogP contribution in [0, 0.1) is 22.2 Å². The molecule has 3 atom stereocenters. The first-order valence-corrected chi connectivity index (χ1v) is 4.86. The maximum atomic E-state index is 2.49. The van der Waals surface area contributed by atoms with Gasteiger partial charge in [0.25, 0.3) is 0 Å². The minimum atomic E-state index is 0.598. The molecule has 2 aliphatic carbocycles. The fraction of sp³-hybridized carbons (Fsp3) is 1.00. The molecule has 2 aliphatic rings. The van der Waals surface area contributed by atoms with Crippen LogP contribution in [0.1, 0.15) is 47.5 Å². The fourth-order valence-corrected chi connectivity index (χ4v) is 3.81. The summed E-state index contributed by atoms with van der Waals surface area (Å²) < 4.78 is 0. The first-order chi connectivity index (χ1) is 4.86. The van der Waals surface area contributed by atoms with Crippen LogP contribution < -0.4 is 0 Å². The van der Waals surface area contributed by atoms with Gasteiger partial charge in [-0.2, -0.15) is 0 Å². The average Bonchev–Trinajstić information content (AvgIpc) is 2.25. The van der Waals surface area contributed by atoms with Crippen molar-refractivity contribution in [3.05, 3.63) is 0 Å². The van der Waals surface area contributed by atoms with Gasteiger partial charge in [-0.05, 0) is 35.0 Å². The number of fused-ring (bicyclic) bond motifs is 1. The molecule has 0 bridgehead atoms. The predicted octanol–water partition coefficient (Wildman–Crippen LogP) is 3.47. The minimum Gasteiger partial charge on any atom is -0.0614 e. The molecule has 0 amide bonds. The zero-order valence-electron chi connectivity index (χ0n) is 8.49. The molecule has 0 unspecified atom stereocenters. The molecule has 0 aromatic rings. The van der Waals surface area contributed by atoms with Crippen LogP contribution >= 0.6 is 0 Å². The molecule has 0 nitrogen and oxygen atoms in total. The highest BCUT2D eigenvalue weighted by Gasteiger charge is 2.76. The maximum Gasteiger partial charge on any atom is -0.0187 e. The molecule has 64 valence electrons. The van der Waals surface area contributed by atoms with E-state index in [2.05, 4.69) is 34.6 Å². The Balaban J connectivity index is 2.39. The van der Waals surface area contributed by atoms with Crippen LogP contribution in [-0.4, -0.2) is 0 Å². The van der Waals surface area contributed by atoms with Crippen molar-refractivity contribution in [3.8, 4) is 0 Å². The highest BCUT2D eigenvalue weighted by molar-refractivity contribution is 5.24. The van der Waals surface area contributed by atoms with Gasteiger partial charge in [0.2, 0.25) is 0 Å². The molecule has 2 saturated carbocycles. The summed E-state index contributed by atoms with van der Waals surface area (Å²) in [7, 11) is 0. The lowest BCUT2D eigenvalue weighted by molar-refractivity contribution is 0.200. The summed E-state index contributed by atoms with van der Waals surface area (Å²) in [6.07, 6.45) is 2.89. The van der Waals surface area contributed by atoms with Crippen LogP contribution in [0.4, 0.5) is 0 Å². The lowest BCUT2D eigenvalue weighted by Gasteiger charge is -2.29. The summed E-state index contributed by atoms with van der Waals surface area (Å²) in [6.45, 7) is 12.3. The summed E-state index contributed by atoms with van der Waals surface area (Å²) in [6, 6.07) is 0. The molecule has 2 rings (SSSR count). The lowest BCUT2D eigenvalue weighted by atomic mass is 9.76. The van der Waals surface area contributed by atoms with Crippen LogP contribution in [0.5, 0.6) is 0 Å². The number of rotatable bonds is 0. The minimum absolute atomic E-state index is 0.598. The van der Waals surface area contributed by atoms with Gasteiger partial charge < -0.3 is 0 Å². The Bertz CT molecular complexity index is 197. The van der Waals surface area contributed by atoms with E-state index in [0.717, 1.165) is 5.92 Å². The first-order valence-electron chi connectivity index (χ1n) is 4.86. The van der Waals surface area contributed by atoms with Gasteiger partial charge in [0.05, 0.1) is 0 Å². The van der Waals surface area contributed by atoms with E-state index in [1.807, 2.05) is 0 Å². The maximum absolute atomic E-state index is 2.49. The third-order valence-corrected chi connectivity index (χ3v) is 5.60. The second-order valence-corrected chi connectivity index (χ2v) is 5.73. The standard InChI is InChI=1S/C11H20/c1-8-10(4)7-6-9(2,3)11(8,10)5/h8H,6-7H2,1-5H3/t8-,10-,11-/m0/s1. The Morgan fingerprint density at radius 1 is 1.00 bits per heavy atom. The third kappa shape index (κ3) is 0.522. The molecule has 0 aliphatic heterocycles. The smallest absolute Gasteiger partial charge is 0.0187 e. The Morgan fingerprint density at radius 2 is 1.55 bits per heavy atom. The van der Waals surface area contributed by atoms with Crippen molar-refractivity contribution in [3.63, 3.8) is 0 Å². The molecule has 0 aromatic heterocycles. The number of hydrogen-bond donors (Lipinski definition) is 0. The molecular formula is C11H20.